The van der Waals surface area contributed by atoms with Gasteiger partial charge in [-0.2, -0.15) is 0 Å². The standard InChI is InChI=1S/C11H19NO2/c13-11(12-7-10-8-14-10)6-5-9-3-1-2-4-9/h9-10H,1-8H2,(H,12,13)/t10-/m0/s1. The van der Waals surface area contributed by atoms with Gasteiger partial charge in [0.25, 0.3) is 0 Å². The van der Waals surface area contributed by atoms with Crippen molar-refractivity contribution >= 4 is 5.91 Å². The predicted molar refractivity (Wildman–Crippen MR) is 53.9 cm³/mol. The van der Waals surface area contributed by atoms with Crippen LogP contribution in [0.3, 0.4) is 0 Å². The van der Waals surface area contributed by atoms with Crippen molar-refractivity contribution < 1.29 is 9.53 Å². The Morgan fingerprint density at radius 1 is 1.36 bits per heavy atom. The van der Waals surface area contributed by atoms with Gasteiger partial charge in [0.2, 0.25) is 5.91 Å². The second-order valence-electron chi connectivity index (χ2n) is 4.45. The van der Waals surface area contributed by atoms with Crippen molar-refractivity contribution in [3.05, 3.63) is 0 Å². The number of amides is 1. The molecule has 2 aliphatic rings. The summed E-state index contributed by atoms with van der Waals surface area (Å²) >= 11 is 0. The van der Waals surface area contributed by atoms with Gasteiger partial charge in [-0.3, -0.25) is 4.79 Å². The van der Waals surface area contributed by atoms with E-state index < -0.39 is 0 Å². The first kappa shape index (κ1) is 9.97. The minimum absolute atomic E-state index is 0.201. The van der Waals surface area contributed by atoms with Crippen LogP contribution in [0, 0.1) is 5.92 Å². The van der Waals surface area contributed by atoms with E-state index in [1.807, 2.05) is 0 Å². The van der Waals surface area contributed by atoms with Crippen molar-refractivity contribution in [1.82, 2.24) is 5.32 Å². The normalized spacial score (nSPS) is 26.4. The summed E-state index contributed by atoms with van der Waals surface area (Å²) in [7, 11) is 0. The number of ether oxygens (including phenoxy) is 1. The fourth-order valence-electron chi connectivity index (χ4n) is 2.14. The topological polar surface area (TPSA) is 41.6 Å². The van der Waals surface area contributed by atoms with Gasteiger partial charge in [-0.05, 0) is 12.3 Å². The highest BCUT2D eigenvalue weighted by Gasteiger charge is 2.23. The molecule has 1 saturated carbocycles. The van der Waals surface area contributed by atoms with Gasteiger partial charge in [-0.15, -0.1) is 0 Å². The van der Waals surface area contributed by atoms with E-state index in [1.165, 1.54) is 25.7 Å². The number of epoxide rings is 1. The summed E-state index contributed by atoms with van der Waals surface area (Å²) in [5, 5.41) is 2.90. The van der Waals surface area contributed by atoms with Crippen LogP contribution in [-0.4, -0.2) is 25.2 Å². The zero-order valence-electron chi connectivity index (χ0n) is 8.63. The first-order valence-corrected chi connectivity index (χ1v) is 5.73. The molecule has 3 heteroatoms. The van der Waals surface area contributed by atoms with Gasteiger partial charge in [-0.25, -0.2) is 0 Å². The first-order chi connectivity index (χ1) is 6.84. The SMILES string of the molecule is O=C(CCC1CCCC1)NC[C@H]1CO1. The van der Waals surface area contributed by atoms with Crippen molar-refractivity contribution in [2.45, 2.75) is 44.6 Å². The first-order valence-electron chi connectivity index (χ1n) is 5.73. The molecule has 1 heterocycles. The van der Waals surface area contributed by atoms with E-state index in [9.17, 15) is 4.79 Å². The maximum Gasteiger partial charge on any atom is 0.220 e. The zero-order valence-corrected chi connectivity index (χ0v) is 8.63. The molecular weight excluding hydrogens is 178 g/mol. The molecule has 80 valence electrons. The summed E-state index contributed by atoms with van der Waals surface area (Å²) in [6.07, 6.45) is 7.49. The molecule has 0 aromatic rings. The number of hydrogen-bond donors (Lipinski definition) is 1. The lowest BCUT2D eigenvalue weighted by Gasteiger charge is -2.08. The van der Waals surface area contributed by atoms with Crippen LogP contribution in [0.1, 0.15) is 38.5 Å². The summed E-state index contributed by atoms with van der Waals surface area (Å²) in [6.45, 7) is 1.53. The molecule has 3 nitrogen and oxygen atoms in total. The number of hydrogen-bond acceptors (Lipinski definition) is 2. The summed E-state index contributed by atoms with van der Waals surface area (Å²) in [6, 6.07) is 0. The second kappa shape index (κ2) is 4.78. The van der Waals surface area contributed by atoms with Crippen LogP contribution in [0.2, 0.25) is 0 Å². The maximum absolute atomic E-state index is 11.4. The van der Waals surface area contributed by atoms with E-state index in [0.717, 1.165) is 18.9 Å². The summed E-state index contributed by atoms with van der Waals surface area (Å²) in [4.78, 5) is 11.4. The molecule has 1 N–H and O–H groups in total. The van der Waals surface area contributed by atoms with E-state index >= 15 is 0 Å². The van der Waals surface area contributed by atoms with Gasteiger partial charge in [0.15, 0.2) is 0 Å². The average Bonchev–Trinajstić information content (AvgIpc) is 2.87. The van der Waals surface area contributed by atoms with Crippen molar-refractivity contribution in [3.8, 4) is 0 Å². The minimum atomic E-state index is 0.201. The predicted octanol–water partition coefficient (Wildman–Crippen LogP) is 1.47. The van der Waals surface area contributed by atoms with Crippen molar-refractivity contribution in [2.24, 2.45) is 5.92 Å². The van der Waals surface area contributed by atoms with Crippen molar-refractivity contribution in [2.75, 3.05) is 13.2 Å². The average molecular weight is 197 g/mol. The molecule has 1 saturated heterocycles. The number of nitrogens with one attached hydrogen (secondary N) is 1. The van der Waals surface area contributed by atoms with Crippen LogP contribution in [0.25, 0.3) is 0 Å². The molecule has 0 radical (unpaired) electrons. The highest BCUT2D eigenvalue weighted by Crippen LogP contribution is 2.28. The van der Waals surface area contributed by atoms with Crippen LogP contribution in [0.15, 0.2) is 0 Å². The Labute approximate surface area is 85.2 Å². The smallest absolute Gasteiger partial charge is 0.220 e. The van der Waals surface area contributed by atoms with Gasteiger partial charge in [0, 0.05) is 13.0 Å². The van der Waals surface area contributed by atoms with E-state index in [1.54, 1.807) is 0 Å². The second-order valence-corrected chi connectivity index (χ2v) is 4.45. The van der Waals surface area contributed by atoms with Crippen LogP contribution in [-0.2, 0) is 9.53 Å². The number of rotatable bonds is 5. The van der Waals surface area contributed by atoms with E-state index in [0.29, 0.717) is 19.1 Å². The van der Waals surface area contributed by atoms with Crippen LogP contribution < -0.4 is 5.32 Å². The third kappa shape index (κ3) is 3.29. The summed E-state index contributed by atoms with van der Waals surface area (Å²) < 4.78 is 5.02. The largest absolute Gasteiger partial charge is 0.371 e. The lowest BCUT2D eigenvalue weighted by molar-refractivity contribution is -0.121. The Balaban J connectivity index is 1.52. The zero-order chi connectivity index (χ0) is 9.80. The number of carbonyl (C=O) groups is 1. The molecule has 1 atom stereocenters. The van der Waals surface area contributed by atoms with Gasteiger partial charge in [0.1, 0.15) is 0 Å². The van der Waals surface area contributed by atoms with Gasteiger partial charge < -0.3 is 10.1 Å². The summed E-state index contributed by atoms with van der Waals surface area (Å²) in [5.74, 6) is 1.02. The molecule has 0 spiro atoms. The lowest BCUT2D eigenvalue weighted by atomic mass is 10.0. The molecular formula is C11H19NO2. The Morgan fingerprint density at radius 3 is 2.71 bits per heavy atom. The van der Waals surface area contributed by atoms with Crippen molar-refractivity contribution in [3.63, 3.8) is 0 Å². The molecule has 1 aliphatic carbocycles. The highest BCUT2D eigenvalue weighted by atomic mass is 16.6. The molecule has 0 unspecified atom stereocenters. The lowest BCUT2D eigenvalue weighted by Crippen LogP contribution is -2.27. The molecule has 0 aromatic carbocycles. The molecule has 2 fully saturated rings. The molecule has 0 aromatic heterocycles. The quantitative estimate of drug-likeness (QED) is 0.678. The molecule has 14 heavy (non-hydrogen) atoms. The van der Waals surface area contributed by atoms with Crippen molar-refractivity contribution in [1.29, 1.82) is 0 Å². The van der Waals surface area contributed by atoms with Crippen LogP contribution in [0.5, 0.6) is 0 Å². The maximum atomic E-state index is 11.4. The van der Waals surface area contributed by atoms with E-state index in [-0.39, 0.29) is 5.91 Å². The molecule has 0 bridgehead atoms. The van der Waals surface area contributed by atoms with Crippen LogP contribution in [0.4, 0.5) is 0 Å². The summed E-state index contributed by atoms with van der Waals surface area (Å²) in [5.41, 5.74) is 0. The van der Waals surface area contributed by atoms with Gasteiger partial charge in [-0.1, -0.05) is 25.7 Å². The molecule has 1 aliphatic heterocycles. The Kier molecular flexibility index (Phi) is 3.40. The third-order valence-electron chi connectivity index (χ3n) is 3.18. The fraction of sp³-hybridized carbons (Fsp3) is 0.909. The van der Waals surface area contributed by atoms with E-state index in [4.69, 9.17) is 4.74 Å². The molecule has 1 amide bonds. The Hall–Kier alpha value is -0.570. The minimum Gasteiger partial charge on any atom is -0.371 e. The molecule has 2 rings (SSSR count). The Bertz CT molecular complexity index is 195. The third-order valence-corrected chi connectivity index (χ3v) is 3.18. The van der Waals surface area contributed by atoms with Crippen LogP contribution >= 0.6 is 0 Å². The van der Waals surface area contributed by atoms with Gasteiger partial charge in [0.05, 0.1) is 12.7 Å². The van der Waals surface area contributed by atoms with Gasteiger partial charge >= 0.3 is 0 Å². The Morgan fingerprint density at radius 2 is 2.07 bits per heavy atom. The number of carbonyl (C=O) groups excluding carboxylic acids is 1. The fourth-order valence-corrected chi connectivity index (χ4v) is 2.14. The highest BCUT2D eigenvalue weighted by molar-refractivity contribution is 5.75. The van der Waals surface area contributed by atoms with E-state index in [2.05, 4.69) is 5.32 Å². The monoisotopic (exact) mass is 197 g/mol.